The van der Waals surface area contributed by atoms with Crippen LogP contribution in [0.4, 0.5) is 15.8 Å². The van der Waals surface area contributed by atoms with E-state index in [9.17, 15) is 9.18 Å². The largest absolute Gasteiger partial charge is 0.378 e. The zero-order valence-corrected chi connectivity index (χ0v) is 13.2. The van der Waals surface area contributed by atoms with E-state index in [1.807, 2.05) is 24.3 Å². The molecule has 1 heterocycles. The van der Waals surface area contributed by atoms with Crippen LogP contribution < -0.4 is 10.2 Å². The highest BCUT2D eigenvalue weighted by Gasteiger charge is 2.14. The zero-order chi connectivity index (χ0) is 16.8. The van der Waals surface area contributed by atoms with E-state index in [-0.39, 0.29) is 11.7 Å². The molecule has 0 aromatic heterocycles. The number of nitrogens with zero attached hydrogens (tertiary/aromatic N) is 1. The lowest BCUT2D eigenvalue weighted by molar-refractivity contribution is -0.111. The van der Waals surface area contributed by atoms with Crippen LogP contribution in [0.25, 0.3) is 6.08 Å². The Morgan fingerprint density at radius 1 is 1.08 bits per heavy atom. The van der Waals surface area contributed by atoms with Crippen molar-refractivity contribution in [1.82, 2.24) is 0 Å². The van der Waals surface area contributed by atoms with Crippen LogP contribution in [0.2, 0.25) is 0 Å². The number of halogens is 1. The molecule has 1 saturated heterocycles. The van der Waals surface area contributed by atoms with Gasteiger partial charge in [0.2, 0.25) is 5.91 Å². The predicted octanol–water partition coefficient (Wildman–Crippen LogP) is 3.31. The SMILES string of the molecule is O=C(C=Cc1ccc(F)cc1)Nc1ccccc1N1CCOCC1. The van der Waals surface area contributed by atoms with Crippen molar-refractivity contribution in [3.8, 4) is 0 Å². The molecule has 1 aliphatic heterocycles. The van der Waals surface area contributed by atoms with E-state index in [2.05, 4.69) is 10.2 Å². The van der Waals surface area contributed by atoms with E-state index in [0.717, 1.165) is 30.0 Å². The quantitative estimate of drug-likeness (QED) is 0.877. The molecule has 4 nitrogen and oxygen atoms in total. The molecule has 0 saturated carbocycles. The third kappa shape index (κ3) is 4.20. The number of anilines is 2. The van der Waals surface area contributed by atoms with Crippen molar-refractivity contribution < 1.29 is 13.9 Å². The Morgan fingerprint density at radius 2 is 1.79 bits per heavy atom. The van der Waals surface area contributed by atoms with E-state index >= 15 is 0 Å². The molecular formula is C19H19FN2O2. The maximum atomic E-state index is 12.9. The number of rotatable bonds is 4. The standard InChI is InChI=1S/C19H19FN2O2/c20-16-8-5-15(6-9-16)7-10-19(23)21-17-3-1-2-4-18(17)22-11-13-24-14-12-22/h1-10H,11-14H2,(H,21,23). The first-order chi connectivity index (χ1) is 11.7. The third-order valence-electron chi connectivity index (χ3n) is 3.81. The lowest BCUT2D eigenvalue weighted by Crippen LogP contribution is -2.36. The number of amides is 1. The van der Waals surface area contributed by atoms with Gasteiger partial charge in [-0.25, -0.2) is 4.39 Å². The molecule has 1 amide bonds. The maximum absolute atomic E-state index is 12.9. The fourth-order valence-electron chi connectivity index (χ4n) is 2.58. The van der Waals surface area contributed by atoms with E-state index < -0.39 is 0 Å². The second-order valence-corrected chi connectivity index (χ2v) is 5.49. The highest BCUT2D eigenvalue weighted by molar-refractivity contribution is 6.03. The first kappa shape index (κ1) is 16.2. The molecule has 0 radical (unpaired) electrons. The Morgan fingerprint density at radius 3 is 2.54 bits per heavy atom. The molecule has 1 fully saturated rings. The molecule has 0 spiro atoms. The molecule has 0 aliphatic carbocycles. The molecule has 124 valence electrons. The van der Waals surface area contributed by atoms with Crippen molar-refractivity contribution in [3.05, 3.63) is 66.0 Å². The Hall–Kier alpha value is -2.66. The van der Waals surface area contributed by atoms with Crippen molar-refractivity contribution in [3.63, 3.8) is 0 Å². The van der Waals surface area contributed by atoms with Gasteiger partial charge >= 0.3 is 0 Å². The maximum Gasteiger partial charge on any atom is 0.248 e. The lowest BCUT2D eigenvalue weighted by atomic mass is 10.2. The van der Waals surface area contributed by atoms with Crippen LogP contribution in [-0.4, -0.2) is 32.2 Å². The average Bonchev–Trinajstić information content (AvgIpc) is 2.62. The van der Waals surface area contributed by atoms with Crippen molar-refractivity contribution in [2.45, 2.75) is 0 Å². The van der Waals surface area contributed by atoms with Crippen molar-refractivity contribution in [2.75, 3.05) is 36.5 Å². The predicted molar refractivity (Wildman–Crippen MR) is 93.5 cm³/mol. The Kier molecular flexibility index (Phi) is 5.23. The van der Waals surface area contributed by atoms with Gasteiger partial charge in [-0.05, 0) is 35.9 Å². The number of benzene rings is 2. The molecule has 5 heteroatoms. The molecule has 2 aromatic carbocycles. The van der Waals surface area contributed by atoms with Gasteiger partial charge in [0.05, 0.1) is 24.6 Å². The van der Waals surface area contributed by atoms with Crippen LogP contribution in [0.3, 0.4) is 0 Å². The van der Waals surface area contributed by atoms with Crippen LogP contribution in [0.1, 0.15) is 5.56 Å². The summed E-state index contributed by atoms with van der Waals surface area (Å²) in [5.74, 6) is -0.518. The van der Waals surface area contributed by atoms with Crippen LogP contribution in [0, 0.1) is 5.82 Å². The van der Waals surface area contributed by atoms with Gasteiger partial charge in [0, 0.05) is 19.2 Å². The Balaban J connectivity index is 1.69. The fourth-order valence-corrected chi connectivity index (χ4v) is 2.58. The summed E-state index contributed by atoms with van der Waals surface area (Å²) in [7, 11) is 0. The summed E-state index contributed by atoms with van der Waals surface area (Å²) in [6, 6.07) is 13.7. The van der Waals surface area contributed by atoms with Crippen molar-refractivity contribution in [1.29, 1.82) is 0 Å². The number of carbonyl (C=O) groups excluding carboxylic acids is 1. The van der Waals surface area contributed by atoms with Crippen LogP contribution in [0.5, 0.6) is 0 Å². The highest BCUT2D eigenvalue weighted by Crippen LogP contribution is 2.26. The first-order valence-electron chi connectivity index (χ1n) is 7.89. The number of para-hydroxylation sites is 2. The first-order valence-corrected chi connectivity index (χ1v) is 7.89. The monoisotopic (exact) mass is 326 g/mol. The van der Waals surface area contributed by atoms with E-state index in [4.69, 9.17) is 4.74 Å². The third-order valence-corrected chi connectivity index (χ3v) is 3.81. The molecule has 24 heavy (non-hydrogen) atoms. The minimum absolute atomic E-state index is 0.222. The lowest BCUT2D eigenvalue weighted by Gasteiger charge is -2.30. The molecule has 0 unspecified atom stereocenters. The van der Waals surface area contributed by atoms with Gasteiger partial charge in [0.15, 0.2) is 0 Å². The topological polar surface area (TPSA) is 41.6 Å². The van der Waals surface area contributed by atoms with Gasteiger partial charge in [-0.2, -0.15) is 0 Å². The van der Waals surface area contributed by atoms with Crippen molar-refractivity contribution >= 4 is 23.4 Å². The van der Waals surface area contributed by atoms with Crippen molar-refractivity contribution in [2.24, 2.45) is 0 Å². The average molecular weight is 326 g/mol. The number of ether oxygens (including phenoxy) is 1. The van der Waals surface area contributed by atoms with Crippen LogP contribution in [-0.2, 0) is 9.53 Å². The number of carbonyl (C=O) groups is 1. The number of hydrogen-bond acceptors (Lipinski definition) is 3. The molecular weight excluding hydrogens is 307 g/mol. The summed E-state index contributed by atoms with van der Waals surface area (Å²) in [5, 5.41) is 2.91. The Labute approximate surface area is 140 Å². The van der Waals surface area contributed by atoms with Gasteiger partial charge in [-0.1, -0.05) is 24.3 Å². The van der Waals surface area contributed by atoms with Gasteiger partial charge in [-0.3, -0.25) is 4.79 Å². The summed E-state index contributed by atoms with van der Waals surface area (Å²) in [6.07, 6.45) is 3.11. The summed E-state index contributed by atoms with van der Waals surface area (Å²) >= 11 is 0. The van der Waals surface area contributed by atoms with Gasteiger partial charge in [0.25, 0.3) is 0 Å². The number of nitrogens with one attached hydrogen (secondary N) is 1. The zero-order valence-electron chi connectivity index (χ0n) is 13.2. The summed E-state index contributed by atoms with van der Waals surface area (Å²) in [5.41, 5.74) is 2.53. The number of hydrogen-bond donors (Lipinski definition) is 1. The highest BCUT2D eigenvalue weighted by atomic mass is 19.1. The number of morpholine rings is 1. The minimum Gasteiger partial charge on any atom is -0.378 e. The second-order valence-electron chi connectivity index (χ2n) is 5.49. The van der Waals surface area contributed by atoms with E-state index in [1.54, 1.807) is 18.2 Å². The molecule has 2 aromatic rings. The summed E-state index contributed by atoms with van der Waals surface area (Å²) in [6.45, 7) is 2.98. The fraction of sp³-hybridized carbons (Fsp3) is 0.211. The Bertz CT molecular complexity index is 722. The normalized spacial score (nSPS) is 14.8. The second kappa shape index (κ2) is 7.75. The van der Waals surface area contributed by atoms with E-state index in [1.165, 1.54) is 18.2 Å². The summed E-state index contributed by atoms with van der Waals surface area (Å²) < 4.78 is 18.2. The van der Waals surface area contributed by atoms with Crippen LogP contribution in [0.15, 0.2) is 54.6 Å². The smallest absolute Gasteiger partial charge is 0.248 e. The molecule has 1 aliphatic rings. The van der Waals surface area contributed by atoms with Gasteiger partial charge in [-0.15, -0.1) is 0 Å². The van der Waals surface area contributed by atoms with Crippen LogP contribution >= 0.6 is 0 Å². The van der Waals surface area contributed by atoms with E-state index in [0.29, 0.717) is 13.2 Å². The summed E-state index contributed by atoms with van der Waals surface area (Å²) in [4.78, 5) is 14.4. The molecule has 0 atom stereocenters. The molecule has 1 N–H and O–H groups in total. The molecule has 0 bridgehead atoms. The molecule has 3 rings (SSSR count). The minimum atomic E-state index is -0.295. The van der Waals surface area contributed by atoms with Gasteiger partial charge in [0.1, 0.15) is 5.82 Å². The van der Waals surface area contributed by atoms with Gasteiger partial charge < -0.3 is 15.0 Å².